The van der Waals surface area contributed by atoms with Gasteiger partial charge in [0, 0.05) is 25.7 Å². The van der Waals surface area contributed by atoms with Crippen molar-refractivity contribution >= 4 is 39.5 Å². The third-order valence-corrected chi connectivity index (χ3v) is 18.4. The molecule has 622 valence electrons. The van der Waals surface area contributed by atoms with Crippen LogP contribution in [0.3, 0.4) is 0 Å². The van der Waals surface area contributed by atoms with Crippen molar-refractivity contribution in [3.63, 3.8) is 0 Å². The summed E-state index contributed by atoms with van der Waals surface area (Å²) in [6.07, 6.45) is 99.9. The SMILES string of the molecule is CC/C=C\C/C=C\C/C=C\C/C=C\C/C=C\C/C=C\CCC(=O)OCC(COP(=O)(O)OCC(O)COP(=O)(O)OCC(COC(=O)CCCCCCCC/C=C\C/C=C\C/C=C\CCCCC)OC(=O)CCCCCCC/C=C\C/C=C\CCCCC)OC(=O)CCC/C=C\C/C=C\C/C=C\C/C=C\C/C=C\CC. The second kappa shape index (κ2) is 80.9. The molecule has 0 aromatic rings. The third kappa shape index (κ3) is 80.0. The molecule has 3 N–H and O–H groups in total. The molecule has 5 unspecified atom stereocenters. The van der Waals surface area contributed by atoms with E-state index in [-0.39, 0.29) is 25.7 Å². The van der Waals surface area contributed by atoms with Gasteiger partial charge in [-0.3, -0.25) is 37.3 Å². The monoisotopic (exact) mass is 1570 g/mol. The number of hydrogen-bond acceptors (Lipinski definition) is 15. The maximum absolute atomic E-state index is 13.1. The number of allylic oxidation sites excluding steroid dienone is 32. The molecule has 0 aromatic carbocycles. The highest BCUT2D eigenvalue weighted by Gasteiger charge is 2.30. The van der Waals surface area contributed by atoms with E-state index < -0.39 is 97.5 Å². The van der Waals surface area contributed by atoms with Gasteiger partial charge in [0.05, 0.1) is 26.4 Å². The number of aliphatic hydroxyl groups excluding tert-OH is 1. The van der Waals surface area contributed by atoms with Gasteiger partial charge in [-0.15, -0.1) is 0 Å². The lowest BCUT2D eigenvalue weighted by Crippen LogP contribution is -2.30. The molecule has 17 nitrogen and oxygen atoms in total. The molecule has 0 heterocycles. The Kier molecular flexibility index (Phi) is 76.4. The molecule has 5 atom stereocenters. The summed E-state index contributed by atoms with van der Waals surface area (Å²) in [5, 5.41) is 10.7. The molecule has 0 aromatic heterocycles. The summed E-state index contributed by atoms with van der Waals surface area (Å²) >= 11 is 0. The average molecular weight is 1570 g/mol. The van der Waals surface area contributed by atoms with Crippen LogP contribution in [-0.4, -0.2) is 96.7 Å². The summed E-state index contributed by atoms with van der Waals surface area (Å²) in [4.78, 5) is 73.1. The molecule has 0 bridgehead atoms. The minimum Gasteiger partial charge on any atom is -0.462 e. The number of rotatable bonds is 76. The van der Waals surface area contributed by atoms with Gasteiger partial charge in [-0.05, 0) is 173 Å². The second-order valence-electron chi connectivity index (χ2n) is 26.9. The number of aliphatic hydroxyl groups is 1. The molecule has 110 heavy (non-hydrogen) atoms. The van der Waals surface area contributed by atoms with Crippen LogP contribution in [0.15, 0.2) is 194 Å². The van der Waals surface area contributed by atoms with Crippen LogP contribution >= 0.6 is 15.6 Å². The van der Waals surface area contributed by atoms with Crippen LogP contribution in [0.1, 0.15) is 297 Å². The zero-order chi connectivity index (χ0) is 80.3. The van der Waals surface area contributed by atoms with Crippen LogP contribution in [0, 0.1) is 0 Å². The summed E-state index contributed by atoms with van der Waals surface area (Å²) in [6, 6.07) is 0. The number of carbonyl (C=O) groups is 4. The van der Waals surface area contributed by atoms with E-state index >= 15 is 0 Å². The van der Waals surface area contributed by atoms with E-state index in [2.05, 4.69) is 192 Å². The van der Waals surface area contributed by atoms with Crippen molar-refractivity contribution in [2.75, 3.05) is 39.6 Å². The van der Waals surface area contributed by atoms with E-state index in [0.29, 0.717) is 38.5 Å². The Hall–Kier alpha value is -6.10. The van der Waals surface area contributed by atoms with E-state index in [1.807, 2.05) is 30.4 Å². The van der Waals surface area contributed by atoms with Crippen molar-refractivity contribution in [2.24, 2.45) is 0 Å². The molecule has 0 saturated heterocycles. The van der Waals surface area contributed by atoms with Gasteiger partial charge in [0.1, 0.15) is 19.3 Å². The fourth-order valence-corrected chi connectivity index (χ4v) is 11.8. The summed E-state index contributed by atoms with van der Waals surface area (Å²) in [6.45, 7) is 4.40. The Labute approximate surface area is 666 Å². The lowest BCUT2D eigenvalue weighted by atomic mass is 10.1. The zero-order valence-corrected chi connectivity index (χ0v) is 69.9. The average Bonchev–Trinajstić information content (AvgIpc) is 0.906. The van der Waals surface area contributed by atoms with Gasteiger partial charge in [-0.2, -0.15) is 0 Å². The molecule has 0 amide bonds. The van der Waals surface area contributed by atoms with Crippen molar-refractivity contribution in [2.45, 2.75) is 316 Å². The van der Waals surface area contributed by atoms with Crippen molar-refractivity contribution in [3.05, 3.63) is 194 Å². The minimum atomic E-state index is -5.02. The predicted molar refractivity (Wildman–Crippen MR) is 454 cm³/mol. The molecule has 0 aliphatic rings. The third-order valence-electron chi connectivity index (χ3n) is 16.5. The summed E-state index contributed by atoms with van der Waals surface area (Å²) in [7, 11) is -10.0. The fourth-order valence-electron chi connectivity index (χ4n) is 10.3. The standard InChI is InChI=1S/C91H146O17P2/c1-5-9-13-17-21-25-29-33-37-40-42-45-48-51-55-59-63-67-71-75-88(93)101-81-86(107-90(95)77-73-69-65-61-57-53-47-36-32-28-24-20-16-12-8-4)83-105-109(97,98)103-79-85(92)80-104-110(99,100)106-84-87(108-91(96)78-74-70-66-62-58-54-50-44-39-35-31-27-23-19-15-11-7-3)82-102-89(94)76-72-68-64-60-56-52-49-46-43-41-38-34-30-26-22-18-14-10-6-2/h10-11,14-15,21-28,33-39,42-43,45-47,50,52,54,56,62,64,66,68,85-87,92H,5-9,12-13,16-20,29-32,40-41,44,48-49,51,53,55,57-61,63,65,67,69-84H2,1-4H3,(H,97,98)(H,99,100)/b14-10-,15-11-,25-21-,26-22-,27-23-,28-24-,37-33-,38-34-,39-35-,45-42-,46-43-,47-36-,54-50-,56-52-,66-62-,68-64-. The molecular weight excluding hydrogens is 1430 g/mol. The predicted octanol–water partition coefficient (Wildman–Crippen LogP) is 24.9. The first-order valence-electron chi connectivity index (χ1n) is 41.7. The molecule has 0 saturated carbocycles. The molecule has 0 rings (SSSR count). The van der Waals surface area contributed by atoms with Gasteiger partial charge in [-0.25, -0.2) is 9.13 Å². The Morgan fingerprint density at radius 2 is 0.500 bits per heavy atom. The molecule has 19 heteroatoms. The van der Waals surface area contributed by atoms with Gasteiger partial charge < -0.3 is 33.8 Å². The fraction of sp³-hybridized carbons (Fsp3) is 0.604. The highest BCUT2D eigenvalue weighted by atomic mass is 31.2. The van der Waals surface area contributed by atoms with Crippen LogP contribution < -0.4 is 0 Å². The maximum atomic E-state index is 13.1. The van der Waals surface area contributed by atoms with Crippen molar-refractivity contribution < 1.29 is 80.2 Å². The lowest BCUT2D eigenvalue weighted by Gasteiger charge is -2.21. The van der Waals surface area contributed by atoms with E-state index in [1.54, 1.807) is 0 Å². The van der Waals surface area contributed by atoms with Crippen LogP contribution in [-0.2, 0) is 65.4 Å². The lowest BCUT2D eigenvalue weighted by molar-refractivity contribution is -0.161. The Morgan fingerprint density at radius 1 is 0.264 bits per heavy atom. The molecule has 0 fully saturated rings. The van der Waals surface area contributed by atoms with Crippen LogP contribution in [0.4, 0.5) is 0 Å². The topological polar surface area (TPSA) is 237 Å². The van der Waals surface area contributed by atoms with Gasteiger partial charge >= 0.3 is 39.5 Å². The number of unbranched alkanes of at least 4 members (excludes halogenated alkanes) is 18. The van der Waals surface area contributed by atoms with E-state index in [1.165, 1.54) is 38.5 Å². The summed E-state index contributed by atoms with van der Waals surface area (Å²) < 4.78 is 68.6. The zero-order valence-electron chi connectivity index (χ0n) is 68.1. The molecular formula is C91H146O17P2. The Balaban J connectivity index is 5.53. The van der Waals surface area contributed by atoms with Crippen molar-refractivity contribution in [1.29, 1.82) is 0 Å². The number of ether oxygens (including phenoxy) is 4. The van der Waals surface area contributed by atoms with Gasteiger partial charge in [0.2, 0.25) is 0 Å². The maximum Gasteiger partial charge on any atom is 0.472 e. The quantitative estimate of drug-likeness (QED) is 0.0169. The molecule has 0 aliphatic carbocycles. The summed E-state index contributed by atoms with van der Waals surface area (Å²) in [5.74, 6) is -2.39. The van der Waals surface area contributed by atoms with Gasteiger partial charge in [-0.1, -0.05) is 293 Å². The second-order valence-corrected chi connectivity index (χ2v) is 29.8. The number of esters is 4. The number of phosphoric ester groups is 2. The van der Waals surface area contributed by atoms with Crippen LogP contribution in [0.5, 0.6) is 0 Å². The number of phosphoric acid groups is 2. The normalized spacial score (nSPS) is 14.8. The number of hydrogen-bond donors (Lipinski definition) is 3. The minimum absolute atomic E-state index is 0.00776. The molecule has 0 aliphatic heterocycles. The first kappa shape index (κ1) is 104. The molecule has 0 spiro atoms. The summed E-state index contributed by atoms with van der Waals surface area (Å²) in [5.41, 5.74) is 0. The van der Waals surface area contributed by atoms with E-state index in [9.17, 15) is 43.2 Å². The van der Waals surface area contributed by atoms with E-state index in [0.717, 1.165) is 167 Å². The Morgan fingerprint density at radius 3 is 0.818 bits per heavy atom. The largest absolute Gasteiger partial charge is 0.472 e. The first-order valence-corrected chi connectivity index (χ1v) is 44.7. The highest BCUT2D eigenvalue weighted by Crippen LogP contribution is 2.45. The smallest absolute Gasteiger partial charge is 0.462 e. The Bertz CT molecular complexity index is 2850. The van der Waals surface area contributed by atoms with Crippen molar-refractivity contribution in [1.82, 2.24) is 0 Å². The van der Waals surface area contributed by atoms with Crippen LogP contribution in [0.25, 0.3) is 0 Å². The van der Waals surface area contributed by atoms with Crippen molar-refractivity contribution in [3.8, 4) is 0 Å². The highest BCUT2D eigenvalue weighted by molar-refractivity contribution is 7.47. The first-order chi connectivity index (χ1) is 53.7. The van der Waals surface area contributed by atoms with Crippen LogP contribution in [0.2, 0.25) is 0 Å². The number of carbonyl (C=O) groups excluding carboxylic acids is 4. The van der Waals surface area contributed by atoms with Gasteiger partial charge in [0.15, 0.2) is 12.2 Å². The van der Waals surface area contributed by atoms with E-state index in [4.69, 9.17) is 37.0 Å². The molecule has 0 radical (unpaired) electrons. The van der Waals surface area contributed by atoms with Gasteiger partial charge in [0.25, 0.3) is 0 Å².